The molecule has 0 aliphatic carbocycles. The normalized spacial score (nSPS) is 20.5. The summed E-state index contributed by atoms with van der Waals surface area (Å²) in [5, 5.41) is 0. The number of nitrogens with two attached hydrogens (primary N) is 1. The molecular weight excluding hydrogens is 409 g/mol. The zero-order valence-corrected chi connectivity index (χ0v) is 15.9. The summed E-state index contributed by atoms with van der Waals surface area (Å²) in [7, 11) is 1.68. The molecule has 0 bridgehead atoms. The third kappa shape index (κ3) is 4.20. The Morgan fingerprint density at radius 2 is 2.13 bits per heavy atom. The number of morpholine rings is 1. The van der Waals surface area contributed by atoms with Gasteiger partial charge >= 0.3 is 0 Å². The molecule has 1 unspecified atom stereocenters. The van der Waals surface area contributed by atoms with Crippen molar-refractivity contribution in [2.24, 2.45) is 10.7 Å². The Kier molecular flexibility index (Phi) is 6.34. The van der Waals surface area contributed by atoms with Gasteiger partial charge in [0.25, 0.3) is 0 Å². The summed E-state index contributed by atoms with van der Waals surface area (Å²) in [5.74, 6) is 2.33. The van der Waals surface area contributed by atoms with E-state index in [4.69, 9.17) is 19.9 Å². The number of nitrogens with zero attached hydrogens (tertiary/aromatic N) is 2. The highest BCUT2D eigenvalue weighted by Crippen LogP contribution is 2.35. The molecule has 2 N–H and O–H groups in total. The minimum atomic E-state index is 0. The lowest BCUT2D eigenvalue weighted by molar-refractivity contribution is 0.0674. The average molecular weight is 433 g/mol. The van der Waals surface area contributed by atoms with Crippen LogP contribution in [-0.4, -0.2) is 50.4 Å². The number of hydrogen-bond acceptors (Lipinski definition) is 4. The third-order valence-corrected chi connectivity index (χ3v) is 4.05. The Hall–Kier alpha value is -1.22. The first-order chi connectivity index (χ1) is 10.7. The molecule has 23 heavy (non-hydrogen) atoms. The Morgan fingerprint density at radius 3 is 2.83 bits per heavy atom. The SMILES string of the molecule is COc1cc2c(cc1CN=C(N)N1CCOCC1)OC(C)C2.I. The summed E-state index contributed by atoms with van der Waals surface area (Å²) < 4.78 is 16.6. The van der Waals surface area contributed by atoms with Crippen LogP contribution in [0.3, 0.4) is 0 Å². The van der Waals surface area contributed by atoms with Gasteiger partial charge < -0.3 is 24.8 Å². The highest BCUT2D eigenvalue weighted by atomic mass is 127. The minimum absolute atomic E-state index is 0. The van der Waals surface area contributed by atoms with Gasteiger partial charge in [-0.1, -0.05) is 0 Å². The summed E-state index contributed by atoms with van der Waals surface area (Å²) in [4.78, 5) is 6.54. The van der Waals surface area contributed by atoms with Gasteiger partial charge in [0.05, 0.1) is 26.9 Å². The van der Waals surface area contributed by atoms with Crippen LogP contribution in [0, 0.1) is 0 Å². The number of benzene rings is 1. The van der Waals surface area contributed by atoms with E-state index < -0.39 is 0 Å². The number of rotatable bonds is 3. The van der Waals surface area contributed by atoms with Crippen LogP contribution in [0.25, 0.3) is 0 Å². The van der Waals surface area contributed by atoms with E-state index in [2.05, 4.69) is 18.0 Å². The average Bonchev–Trinajstić information content (AvgIpc) is 2.91. The second kappa shape index (κ2) is 8.05. The molecule has 0 radical (unpaired) electrons. The first kappa shape index (κ1) is 18.1. The number of guanidine groups is 1. The molecule has 3 rings (SSSR count). The molecule has 6 nitrogen and oxygen atoms in total. The van der Waals surface area contributed by atoms with Crippen molar-refractivity contribution in [1.82, 2.24) is 4.90 Å². The number of aliphatic imine (C=N–C) groups is 1. The van der Waals surface area contributed by atoms with Gasteiger partial charge in [-0.15, -0.1) is 24.0 Å². The van der Waals surface area contributed by atoms with E-state index in [0.29, 0.717) is 25.7 Å². The second-order valence-electron chi connectivity index (χ2n) is 5.68. The maximum atomic E-state index is 6.07. The molecule has 2 aliphatic rings. The smallest absolute Gasteiger partial charge is 0.191 e. The monoisotopic (exact) mass is 433 g/mol. The predicted octanol–water partition coefficient (Wildman–Crippen LogP) is 1.78. The van der Waals surface area contributed by atoms with Crippen LogP contribution in [-0.2, 0) is 17.7 Å². The largest absolute Gasteiger partial charge is 0.496 e. The number of halogens is 1. The molecule has 1 saturated heterocycles. The second-order valence-corrected chi connectivity index (χ2v) is 5.68. The number of fused-ring (bicyclic) bond motifs is 1. The van der Waals surface area contributed by atoms with Crippen molar-refractivity contribution in [3.8, 4) is 11.5 Å². The van der Waals surface area contributed by atoms with Crippen molar-refractivity contribution >= 4 is 29.9 Å². The first-order valence-corrected chi connectivity index (χ1v) is 7.66. The fourth-order valence-corrected chi connectivity index (χ4v) is 2.85. The van der Waals surface area contributed by atoms with Gasteiger partial charge in [-0.2, -0.15) is 0 Å². The number of ether oxygens (including phenoxy) is 3. The Labute approximate surface area is 154 Å². The summed E-state index contributed by atoms with van der Waals surface area (Å²) in [5.41, 5.74) is 8.26. The highest BCUT2D eigenvalue weighted by molar-refractivity contribution is 14.0. The molecule has 1 fully saturated rings. The molecule has 2 heterocycles. The molecule has 1 aromatic rings. The van der Waals surface area contributed by atoms with Gasteiger partial charge in [-0.25, -0.2) is 4.99 Å². The van der Waals surface area contributed by atoms with Gasteiger partial charge in [0.1, 0.15) is 17.6 Å². The van der Waals surface area contributed by atoms with Gasteiger partial charge in [-0.3, -0.25) is 0 Å². The number of methoxy groups -OCH3 is 1. The van der Waals surface area contributed by atoms with Crippen molar-refractivity contribution in [2.45, 2.75) is 26.0 Å². The molecule has 1 aromatic carbocycles. The zero-order chi connectivity index (χ0) is 15.5. The van der Waals surface area contributed by atoms with Crippen LogP contribution in [0.15, 0.2) is 17.1 Å². The molecule has 0 amide bonds. The van der Waals surface area contributed by atoms with E-state index >= 15 is 0 Å². The summed E-state index contributed by atoms with van der Waals surface area (Å²) >= 11 is 0. The quantitative estimate of drug-likeness (QED) is 0.447. The molecular formula is C16H24IN3O3. The van der Waals surface area contributed by atoms with Crippen LogP contribution in [0.5, 0.6) is 11.5 Å². The van der Waals surface area contributed by atoms with Crippen molar-refractivity contribution in [3.05, 3.63) is 23.3 Å². The minimum Gasteiger partial charge on any atom is -0.496 e. The lowest BCUT2D eigenvalue weighted by Crippen LogP contribution is -2.44. The molecule has 1 atom stereocenters. The van der Waals surface area contributed by atoms with Crippen LogP contribution in [0.4, 0.5) is 0 Å². The van der Waals surface area contributed by atoms with Gasteiger partial charge in [-0.05, 0) is 19.1 Å². The van der Waals surface area contributed by atoms with Crippen LogP contribution in [0.2, 0.25) is 0 Å². The van der Waals surface area contributed by atoms with E-state index in [1.807, 2.05) is 11.0 Å². The van der Waals surface area contributed by atoms with Crippen molar-refractivity contribution in [1.29, 1.82) is 0 Å². The lowest BCUT2D eigenvalue weighted by Gasteiger charge is -2.27. The lowest BCUT2D eigenvalue weighted by atomic mass is 10.1. The Balaban J connectivity index is 0.00000192. The van der Waals surface area contributed by atoms with Crippen LogP contribution in [0.1, 0.15) is 18.1 Å². The van der Waals surface area contributed by atoms with Gasteiger partial charge in [0.2, 0.25) is 0 Å². The molecule has 0 saturated carbocycles. The Bertz CT molecular complexity index is 574. The maximum Gasteiger partial charge on any atom is 0.191 e. The van der Waals surface area contributed by atoms with E-state index in [0.717, 1.165) is 36.6 Å². The summed E-state index contributed by atoms with van der Waals surface area (Å²) in [6, 6.07) is 4.07. The zero-order valence-electron chi connectivity index (χ0n) is 13.6. The van der Waals surface area contributed by atoms with Gasteiger partial charge in [0, 0.05) is 30.6 Å². The molecule has 0 aromatic heterocycles. The molecule has 7 heteroatoms. The van der Waals surface area contributed by atoms with Crippen LogP contribution >= 0.6 is 24.0 Å². The van der Waals surface area contributed by atoms with Crippen molar-refractivity contribution in [2.75, 3.05) is 33.4 Å². The summed E-state index contributed by atoms with van der Waals surface area (Å²) in [6.45, 7) is 5.53. The molecule has 0 spiro atoms. The summed E-state index contributed by atoms with van der Waals surface area (Å²) in [6.07, 6.45) is 1.14. The van der Waals surface area contributed by atoms with E-state index in [-0.39, 0.29) is 30.1 Å². The van der Waals surface area contributed by atoms with E-state index in [1.165, 1.54) is 5.56 Å². The van der Waals surface area contributed by atoms with E-state index in [9.17, 15) is 0 Å². The highest BCUT2D eigenvalue weighted by Gasteiger charge is 2.21. The maximum absolute atomic E-state index is 6.07. The fourth-order valence-electron chi connectivity index (χ4n) is 2.85. The first-order valence-electron chi connectivity index (χ1n) is 7.66. The fraction of sp³-hybridized carbons (Fsp3) is 0.562. The molecule has 2 aliphatic heterocycles. The van der Waals surface area contributed by atoms with E-state index in [1.54, 1.807) is 7.11 Å². The Morgan fingerprint density at radius 1 is 1.39 bits per heavy atom. The third-order valence-electron chi connectivity index (χ3n) is 4.05. The predicted molar refractivity (Wildman–Crippen MR) is 99.9 cm³/mol. The standard InChI is InChI=1S/C16H23N3O3.HI/c1-11-7-12-8-14(20-2)13(9-15(12)22-11)10-18-16(17)19-3-5-21-6-4-19;/h8-9,11H,3-7,10H2,1-2H3,(H2,17,18);1H. The topological polar surface area (TPSA) is 69.3 Å². The van der Waals surface area contributed by atoms with Gasteiger partial charge in [0.15, 0.2) is 5.96 Å². The number of hydrogen-bond donors (Lipinski definition) is 1. The van der Waals surface area contributed by atoms with Crippen LogP contribution < -0.4 is 15.2 Å². The molecule has 128 valence electrons. The van der Waals surface area contributed by atoms with Crippen molar-refractivity contribution < 1.29 is 14.2 Å². The van der Waals surface area contributed by atoms with Crippen molar-refractivity contribution in [3.63, 3.8) is 0 Å².